The Morgan fingerprint density at radius 3 is 2.26 bits per heavy atom. The highest BCUT2D eigenvalue weighted by Crippen LogP contribution is 2.16. The summed E-state index contributed by atoms with van der Waals surface area (Å²) in [6, 6.07) is 11.5. The van der Waals surface area contributed by atoms with Crippen LogP contribution in [0.4, 0.5) is 4.39 Å². The van der Waals surface area contributed by atoms with Gasteiger partial charge in [-0.3, -0.25) is 14.4 Å². The van der Waals surface area contributed by atoms with Crippen LogP contribution in [-0.2, 0) is 9.59 Å². The molecule has 1 aromatic carbocycles. The zero-order valence-corrected chi connectivity index (χ0v) is 20.8. The number of aryl methyl sites for hydroxylation is 1. The standard InChI is InChI=1S/C11H10ClN3O2.C7H7F.C7H15NO/c1-6(16)5-13-11(17)8-4-7-2-3-9(12)15-10(7)14-8;1-6-2-4-7(8)5-3-6;1-3-5-7(9)8-6-4-2/h2-4H,5H2,1H3,(H,13,17)(H,14,15);2-5H,1H3;3-6H2,1-2H3,(H,8,9). The van der Waals surface area contributed by atoms with Gasteiger partial charge in [0.25, 0.3) is 5.91 Å². The Morgan fingerprint density at radius 2 is 1.71 bits per heavy atom. The predicted molar refractivity (Wildman–Crippen MR) is 133 cm³/mol. The van der Waals surface area contributed by atoms with Crippen molar-refractivity contribution in [3.8, 4) is 0 Å². The first kappa shape index (κ1) is 28.8. The van der Waals surface area contributed by atoms with Gasteiger partial charge in [-0.15, -0.1) is 0 Å². The van der Waals surface area contributed by atoms with Crippen LogP contribution in [0.3, 0.4) is 0 Å². The molecule has 0 aliphatic rings. The van der Waals surface area contributed by atoms with Crippen molar-refractivity contribution in [2.24, 2.45) is 0 Å². The third-order valence-electron chi connectivity index (χ3n) is 4.25. The van der Waals surface area contributed by atoms with E-state index in [1.54, 1.807) is 30.3 Å². The van der Waals surface area contributed by atoms with E-state index in [1.807, 2.05) is 20.8 Å². The number of amides is 2. The van der Waals surface area contributed by atoms with Crippen LogP contribution >= 0.6 is 11.6 Å². The van der Waals surface area contributed by atoms with E-state index in [9.17, 15) is 18.8 Å². The summed E-state index contributed by atoms with van der Waals surface area (Å²) in [5, 5.41) is 6.44. The lowest BCUT2D eigenvalue weighted by molar-refractivity contribution is -0.121. The highest BCUT2D eigenvalue weighted by Gasteiger charge is 2.10. The summed E-state index contributed by atoms with van der Waals surface area (Å²) in [5.41, 5.74) is 1.99. The Kier molecular flexibility index (Phi) is 13.2. The van der Waals surface area contributed by atoms with Gasteiger partial charge in [0.05, 0.1) is 6.54 Å². The molecule has 184 valence electrons. The van der Waals surface area contributed by atoms with Crippen molar-refractivity contribution >= 4 is 40.2 Å². The third-order valence-corrected chi connectivity index (χ3v) is 4.46. The van der Waals surface area contributed by atoms with Gasteiger partial charge in [-0.05, 0) is 57.0 Å². The van der Waals surface area contributed by atoms with E-state index >= 15 is 0 Å². The number of ketones is 1. The number of H-pyrrole nitrogens is 1. The number of rotatable bonds is 7. The Labute approximate surface area is 204 Å². The molecule has 0 saturated heterocycles. The molecule has 3 rings (SSSR count). The van der Waals surface area contributed by atoms with Crippen LogP contribution < -0.4 is 10.6 Å². The number of Topliss-reactive ketones (excluding diaryl/α,β-unsaturated/α-hetero) is 1. The van der Waals surface area contributed by atoms with Gasteiger partial charge in [-0.25, -0.2) is 9.37 Å². The number of carbonyl (C=O) groups is 3. The first-order valence-corrected chi connectivity index (χ1v) is 11.5. The maximum atomic E-state index is 12.1. The maximum Gasteiger partial charge on any atom is 0.268 e. The molecule has 2 heterocycles. The molecule has 7 nitrogen and oxygen atoms in total. The fourth-order valence-corrected chi connectivity index (χ4v) is 2.66. The molecular formula is C25H32ClFN4O3. The average Bonchev–Trinajstić information content (AvgIpc) is 3.22. The van der Waals surface area contributed by atoms with Crippen molar-refractivity contribution in [3.05, 3.63) is 64.7 Å². The molecule has 0 aliphatic carbocycles. The summed E-state index contributed by atoms with van der Waals surface area (Å²) in [4.78, 5) is 40.0. The molecule has 0 aliphatic heterocycles. The third kappa shape index (κ3) is 11.6. The van der Waals surface area contributed by atoms with E-state index in [2.05, 4.69) is 20.6 Å². The van der Waals surface area contributed by atoms with E-state index in [0.29, 0.717) is 22.9 Å². The molecule has 0 radical (unpaired) electrons. The average molecular weight is 491 g/mol. The van der Waals surface area contributed by atoms with Gasteiger partial charge in [-0.1, -0.05) is 43.1 Å². The summed E-state index contributed by atoms with van der Waals surface area (Å²) in [7, 11) is 0. The van der Waals surface area contributed by atoms with Crippen molar-refractivity contribution in [2.75, 3.05) is 13.1 Å². The quantitative estimate of drug-likeness (QED) is 0.406. The highest BCUT2D eigenvalue weighted by atomic mass is 35.5. The Balaban J connectivity index is 0.000000287. The SMILES string of the molecule is CC(=O)CNC(=O)c1cc2ccc(Cl)nc2[nH]1.CCCNC(=O)CCC.Cc1ccc(F)cc1. The van der Waals surface area contributed by atoms with Crippen LogP contribution in [0.15, 0.2) is 42.5 Å². The number of carbonyl (C=O) groups excluding carboxylic acids is 3. The van der Waals surface area contributed by atoms with Crippen LogP contribution in [0.5, 0.6) is 0 Å². The monoisotopic (exact) mass is 490 g/mol. The second-order valence-electron chi connectivity index (χ2n) is 7.54. The topological polar surface area (TPSA) is 104 Å². The van der Waals surface area contributed by atoms with Gasteiger partial charge in [0.1, 0.15) is 28.1 Å². The zero-order valence-electron chi connectivity index (χ0n) is 20.0. The summed E-state index contributed by atoms with van der Waals surface area (Å²) in [6.45, 7) is 8.23. The molecule has 0 saturated carbocycles. The number of hydrogen-bond acceptors (Lipinski definition) is 4. The van der Waals surface area contributed by atoms with Crippen LogP contribution in [0.1, 0.15) is 56.1 Å². The number of halogens is 2. The molecule has 0 fully saturated rings. The van der Waals surface area contributed by atoms with Gasteiger partial charge in [0.2, 0.25) is 5.91 Å². The van der Waals surface area contributed by atoms with E-state index in [4.69, 9.17) is 11.6 Å². The summed E-state index contributed by atoms with van der Waals surface area (Å²) < 4.78 is 12.1. The number of nitrogens with zero attached hydrogens (tertiary/aromatic N) is 1. The molecule has 3 N–H and O–H groups in total. The van der Waals surface area contributed by atoms with Crippen molar-refractivity contribution < 1.29 is 18.8 Å². The number of benzene rings is 1. The highest BCUT2D eigenvalue weighted by molar-refractivity contribution is 6.29. The van der Waals surface area contributed by atoms with E-state index in [0.717, 1.165) is 30.3 Å². The summed E-state index contributed by atoms with van der Waals surface area (Å²) >= 11 is 5.73. The van der Waals surface area contributed by atoms with Crippen molar-refractivity contribution in [2.45, 2.75) is 47.0 Å². The molecule has 34 heavy (non-hydrogen) atoms. The van der Waals surface area contributed by atoms with Crippen LogP contribution in [0, 0.1) is 12.7 Å². The molecule has 2 amide bonds. The minimum Gasteiger partial charge on any atom is -0.356 e. The second-order valence-corrected chi connectivity index (χ2v) is 7.92. The largest absolute Gasteiger partial charge is 0.356 e. The molecular weight excluding hydrogens is 459 g/mol. The molecule has 3 aromatic rings. The van der Waals surface area contributed by atoms with Gasteiger partial charge >= 0.3 is 0 Å². The van der Waals surface area contributed by atoms with Gasteiger partial charge in [0.15, 0.2) is 0 Å². The van der Waals surface area contributed by atoms with Gasteiger partial charge < -0.3 is 15.6 Å². The van der Waals surface area contributed by atoms with Crippen molar-refractivity contribution in [1.29, 1.82) is 0 Å². The van der Waals surface area contributed by atoms with Gasteiger partial charge in [-0.2, -0.15) is 0 Å². The lowest BCUT2D eigenvalue weighted by Gasteiger charge is -1.99. The lowest BCUT2D eigenvalue weighted by Crippen LogP contribution is -2.28. The van der Waals surface area contributed by atoms with Crippen LogP contribution in [0.25, 0.3) is 11.0 Å². The van der Waals surface area contributed by atoms with Crippen LogP contribution in [0.2, 0.25) is 5.15 Å². The number of nitrogens with one attached hydrogen (secondary N) is 3. The smallest absolute Gasteiger partial charge is 0.268 e. The number of hydrogen-bond donors (Lipinski definition) is 3. The number of pyridine rings is 1. The predicted octanol–water partition coefficient (Wildman–Crippen LogP) is 4.98. The second kappa shape index (κ2) is 15.6. The first-order valence-electron chi connectivity index (χ1n) is 11.1. The molecule has 0 unspecified atom stereocenters. The van der Waals surface area contributed by atoms with Gasteiger partial charge in [0, 0.05) is 18.4 Å². The minimum atomic E-state index is -0.339. The van der Waals surface area contributed by atoms with E-state index in [1.165, 1.54) is 19.1 Å². The number of fused-ring (bicyclic) bond motifs is 1. The Morgan fingerprint density at radius 1 is 1.03 bits per heavy atom. The first-order chi connectivity index (χ1) is 16.2. The van der Waals surface area contributed by atoms with Crippen LogP contribution in [-0.4, -0.2) is 40.7 Å². The summed E-state index contributed by atoms with van der Waals surface area (Å²) in [5.74, 6) is -0.431. The number of aromatic nitrogens is 2. The maximum absolute atomic E-state index is 12.1. The zero-order chi connectivity index (χ0) is 25.5. The summed E-state index contributed by atoms with van der Waals surface area (Å²) in [6.07, 6.45) is 2.63. The molecule has 0 bridgehead atoms. The Bertz CT molecular complexity index is 1050. The van der Waals surface area contributed by atoms with Crippen molar-refractivity contribution in [1.82, 2.24) is 20.6 Å². The fraction of sp³-hybridized carbons (Fsp3) is 0.360. The lowest BCUT2D eigenvalue weighted by atomic mass is 10.2. The van der Waals surface area contributed by atoms with Crippen molar-refractivity contribution in [3.63, 3.8) is 0 Å². The fourth-order valence-electron chi connectivity index (χ4n) is 2.52. The molecule has 9 heteroatoms. The molecule has 0 atom stereocenters. The Hall–Kier alpha value is -3.26. The van der Waals surface area contributed by atoms with E-state index in [-0.39, 0.29) is 30.0 Å². The molecule has 2 aromatic heterocycles. The molecule has 0 spiro atoms. The minimum absolute atomic E-state index is 0.0163. The number of aromatic amines is 1. The van der Waals surface area contributed by atoms with E-state index < -0.39 is 0 Å². The normalized spacial score (nSPS) is 9.82.